The largest absolute Gasteiger partial charge is 0.374 e. The molecular weight excluding hydrogens is 599 g/mol. The van der Waals surface area contributed by atoms with Crippen molar-refractivity contribution in [3.05, 3.63) is 91.0 Å². The smallest absolute Gasteiger partial charge is 0.0630 e. The first-order chi connectivity index (χ1) is 24.3. The van der Waals surface area contributed by atoms with Crippen LogP contribution >= 0.6 is 0 Å². The summed E-state index contributed by atoms with van der Waals surface area (Å²) in [5, 5.41) is 2.65. The Morgan fingerprint density at radius 3 is 1.61 bits per heavy atom. The van der Waals surface area contributed by atoms with E-state index >= 15 is 0 Å². The van der Waals surface area contributed by atoms with E-state index in [9.17, 15) is 0 Å². The summed E-state index contributed by atoms with van der Waals surface area (Å²) in [5.41, 5.74) is 6.65. The molecule has 2 aliphatic heterocycles. The van der Waals surface area contributed by atoms with Crippen molar-refractivity contribution in [2.75, 3.05) is 4.90 Å². The van der Waals surface area contributed by atoms with E-state index in [0.717, 1.165) is 23.7 Å². The summed E-state index contributed by atoms with van der Waals surface area (Å²) in [4.78, 5) is 2.93. The van der Waals surface area contributed by atoms with Crippen molar-refractivity contribution in [1.82, 2.24) is 0 Å². The molecule has 6 aliphatic rings. The highest BCUT2D eigenvalue weighted by atomic mass is 16.5. The standard InChI is InChI=1S/C46H53NO2/c1-2-11-30(12-3-1)36-19-9-13-31-14-10-20-37(46(31)36)32-15-8-16-33(27-32)47(34-23-25-40-38-17-4-6-21-42(38)48-44(40)28-34)35-24-26-41-39-18-5-7-22-43(39)49-45(41)29-35/h1-3,8-16,19-20,27,34-35,38-45H,4-7,17-18,21-26,28-29H2. The molecule has 10 atom stereocenters. The van der Waals surface area contributed by atoms with Crippen molar-refractivity contribution in [2.24, 2.45) is 23.7 Å². The van der Waals surface area contributed by atoms with Gasteiger partial charge in [0, 0.05) is 17.8 Å². The van der Waals surface area contributed by atoms with Crippen LogP contribution in [0.4, 0.5) is 5.69 Å². The summed E-state index contributed by atoms with van der Waals surface area (Å²) in [5.74, 6) is 3.18. The maximum absolute atomic E-state index is 6.95. The number of rotatable bonds is 5. The third-order valence-corrected chi connectivity index (χ3v) is 14.2. The minimum Gasteiger partial charge on any atom is -0.374 e. The lowest BCUT2D eigenvalue weighted by Gasteiger charge is -2.47. The van der Waals surface area contributed by atoms with E-state index in [1.807, 2.05) is 0 Å². The molecule has 0 radical (unpaired) electrons. The molecule has 49 heavy (non-hydrogen) atoms. The molecule has 0 aromatic heterocycles. The molecule has 10 rings (SSSR count). The van der Waals surface area contributed by atoms with E-state index in [1.165, 1.54) is 129 Å². The van der Waals surface area contributed by atoms with Crippen molar-refractivity contribution < 1.29 is 9.47 Å². The van der Waals surface area contributed by atoms with Crippen molar-refractivity contribution >= 4 is 16.5 Å². The molecule has 0 spiro atoms. The van der Waals surface area contributed by atoms with Gasteiger partial charge in [0.2, 0.25) is 0 Å². The van der Waals surface area contributed by atoms with Gasteiger partial charge in [0.25, 0.3) is 0 Å². The first kappa shape index (κ1) is 30.7. The van der Waals surface area contributed by atoms with Gasteiger partial charge in [0.1, 0.15) is 0 Å². The Balaban J connectivity index is 1.02. The number of hydrogen-bond acceptors (Lipinski definition) is 3. The van der Waals surface area contributed by atoms with Gasteiger partial charge in [0.05, 0.1) is 24.4 Å². The zero-order valence-corrected chi connectivity index (χ0v) is 29.1. The average molecular weight is 652 g/mol. The zero-order chi connectivity index (χ0) is 32.3. The van der Waals surface area contributed by atoms with E-state index in [4.69, 9.17) is 9.47 Å². The van der Waals surface area contributed by atoms with Crippen LogP contribution in [-0.2, 0) is 9.47 Å². The summed E-state index contributed by atoms with van der Waals surface area (Å²) >= 11 is 0. The minimum absolute atomic E-state index is 0.436. The molecule has 2 heterocycles. The van der Waals surface area contributed by atoms with Gasteiger partial charge in [-0.3, -0.25) is 0 Å². The highest BCUT2D eigenvalue weighted by Crippen LogP contribution is 2.52. The van der Waals surface area contributed by atoms with Gasteiger partial charge in [-0.05, 0) is 133 Å². The van der Waals surface area contributed by atoms with E-state index in [0.29, 0.717) is 36.5 Å². The highest BCUT2D eigenvalue weighted by molar-refractivity contribution is 6.06. The third kappa shape index (κ3) is 5.46. The summed E-state index contributed by atoms with van der Waals surface area (Å²) in [6.07, 6.45) is 20.4. The molecule has 0 N–H and O–H groups in total. The predicted octanol–water partition coefficient (Wildman–Crippen LogP) is 11.2. The van der Waals surface area contributed by atoms with Gasteiger partial charge >= 0.3 is 0 Å². The molecule has 4 aliphatic carbocycles. The Morgan fingerprint density at radius 1 is 0.449 bits per heavy atom. The second-order valence-corrected chi connectivity index (χ2v) is 16.6. The van der Waals surface area contributed by atoms with E-state index in [-0.39, 0.29) is 0 Å². The van der Waals surface area contributed by atoms with Crippen LogP contribution in [0.3, 0.4) is 0 Å². The summed E-state index contributed by atoms with van der Waals surface area (Å²) < 4.78 is 13.9. The zero-order valence-electron chi connectivity index (χ0n) is 29.1. The van der Waals surface area contributed by atoms with Crippen LogP contribution in [0.5, 0.6) is 0 Å². The molecule has 3 heteroatoms. The van der Waals surface area contributed by atoms with Crippen molar-refractivity contribution in [2.45, 2.75) is 126 Å². The first-order valence-corrected chi connectivity index (χ1v) is 20.1. The van der Waals surface area contributed by atoms with Crippen LogP contribution in [0.15, 0.2) is 91.0 Å². The molecule has 4 saturated carbocycles. The Kier molecular flexibility index (Phi) is 8.06. The third-order valence-electron chi connectivity index (χ3n) is 14.2. The Morgan fingerprint density at radius 2 is 0.980 bits per heavy atom. The monoisotopic (exact) mass is 651 g/mol. The van der Waals surface area contributed by atoms with Crippen LogP contribution < -0.4 is 4.90 Å². The van der Waals surface area contributed by atoms with E-state index in [1.54, 1.807) is 0 Å². The summed E-state index contributed by atoms with van der Waals surface area (Å²) in [6.45, 7) is 0. The number of fused-ring (bicyclic) bond motifs is 7. The Hall–Kier alpha value is -3.14. The quantitative estimate of drug-likeness (QED) is 0.214. The number of ether oxygens (including phenoxy) is 2. The second kappa shape index (κ2) is 12.9. The highest BCUT2D eigenvalue weighted by Gasteiger charge is 2.51. The summed E-state index contributed by atoms with van der Waals surface area (Å²) in [7, 11) is 0. The van der Waals surface area contributed by atoms with Crippen molar-refractivity contribution in [3.63, 3.8) is 0 Å². The fourth-order valence-corrected chi connectivity index (χ4v) is 12.1. The molecule has 2 saturated heterocycles. The molecule has 0 amide bonds. The van der Waals surface area contributed by atoms with E-state index < -0.39 is 0 Å². The van der Waals surface area contributed by atoms with Crippen LogP contribution in [0.25, 0.3) is 33.0 Å². The number of nitrogens with zero attached hydrogens (tertiary/aromatic N) is 1. The lowest BCUT2D eigenvalue weighted by Crippen LogP contribution is -2.51. The van der Waals surface area contributed by atoms with Crippen molar-refractivity contribution in [1.29, 1.82) is 0 Å². The molecule has 4 aromatic carbocycles. The van der Waals surface area contributed by atoms with Gasteiger partial charge in [0.15, 0.2) is 0 Å². The van der Waals surface area contributed by atoms with E-state index in [2.05, 4.69) is 95.9 Å². The van der Waals surface area contributed by atoms with Crippen LogP contribution in [0, 0.1) is 23.7 Å². The van der Waals surface area contributed by atoms with Crippen LogP contribution in [0.2, 0.25) is 0 Å². The average Bonchev–Trinajstić information content (AvgIpc) is 3.72. The number of benzene rings is 4. The normalized spacial score (nSPS) is 35.3. The van der Waals surface area contributed by atoms with Crippen molar-refractivity contribution in [3.8, 4) is 22.3 Å². The minimum atomic E-state index is 0.436. The maximum atomic E-state index is 6.95. The fourth-order valence-electron chi connectivity index (χ4n) is 12.1. The number of anilines is 1. The molecule has 4 aromatic rings. The fraction of sp³-hybridized carbons (Fsp3) is 0.522. The first-order valence-electron chi connectivity index (χ1n) is 20.1. The van der Waals surface area contributed by atoms with Crippen LogP contribution in [-0.4, -0.2) is 36.5 Å². The van der Waals surface area contributed by atoms with Gasteiger partial charge in [-0.1, -0.05) is 105 Å². The Bertz CT molecular complexity index is 1730. The van der Waals surface area contributed by atoms with Gasteiger partial charge in [-0.15, -0.1) is 0 Å². The van der Waals surface area contributed by atoms with Gasteiger partial charge in [-0.2, -0.15) is 0 Å². The predicted molar refractivity (Wildman–Crippen MR) is 201 cm³/mol. The molecule has 10 unspecified atom stereocenters. The van der Waals surface area contributed by atoms with Gasteiger partial charge in [-0.25, -0.2) is 0 Å². The van der Waals surface area contributed by atoms with Gasteiger partial charge < -0.3 is 14.4 Å². The lowest BCUT2D eigenvalue weighted by molar-refractivity contribution is -0.00474. The summed E-state index contributed by atoms with van der Waals surface area (Å²) in [6, 6.07) is 35.3. The second-order valence-electron chi connectivity index (χ2n) is 16.6. The lowest BCUT2D eigenvalue weighted by atomic mass is 9.70. The molecule has 0 bridgehead atoms. The molecular formula is C46H53NO2. The maximum Gasteiger partial charge on any atom is 0.0630 e. The van der Waals surface area contributed by atoms with Crippen LogP contribution in [0.1, 0.15) is 89.9 Å². The Labute approximate surface area is 293 Å². The molecule has 6 fully saturated rings. The number of hydrogen-bond donors (Lipinski definition) is 0. The SMILES string of the molecule is c1ccc(-c2cccc3cccc(-c4cccc(N(C5CCC6C(C5)OC5CCCCC56)C5CCC6C(C5)OC5CCCCC56)c4)c23)cc1. The molecule has 254 valence electrons. The topological polar surface area (TPSA) is 21.7 Å². The molecule has 3 nitrogen and oxygen atoms in total.